The third-order valence-corrected chi connectivity index (χ3v) is 5.48. The summed E-state index contributed by atoms with van der Waals surface area (Å²) in [5.74, 6) is 0.103. The first kappa shape index (κ1) is 19.3. The first-order valence-corrected chi connectivity index (χ1v) is 9.59. The van der Waals surface area contributed by atoms with Crippen LogP contribution in [0, 0.1) is 13.8 Å². The van der Waals surface area contributed by atoms with Gasteiger partial charge < -0.3 is 9.80 Å². The molecular formula is C23H28N2O2. The molecular weight excluding hydrogens is 336 g/mol. The summed E-state index contributed by atoms with van der Waals surface area (Å²) in [4.78, 5) is 29.6. The summed E-state index contributed by atoms with van der Waals surface area (Å²) in [6.45, 7) is 6.42. The van der Waals surface area contributed by atoms with Gasteiger partial charge in [0.2, 0.25) is 5.91 Å². The van der Waals surface area contributed by atoms with Crippen molar-refractivity contribution in [3.63, 3.8) is 0 Å². The van der Waals surface area contributed by atoms with Crippen LogP contribution >= 0.6 is 0 Å². The highest BCUT2D eigenvalue weighted by Gasteiger charge is 2.30. The quantitative estimate of drug-likeness (QED) is 0.758. The molecule has 0 saturated carbocycles. The Morgan fingerprint density at radius 2 is 1.70 bits per heavy atom. The van der Waals surface area contributed by atoms with E-state index in [0.29, 0.717) is 12.1 Å². The normalized spacial score (nSPS) is 17.7. The molecule has 1 fully saturated rings. The fourth-order valence-electron chi connectivity index (χ4n) is 3.60. The molecule has 142 valence electrons. The van der Waals surface area contributed by atoms with E-state index in [1.165, 1.54) is 5.56 Å². The zero-order valence-electron chi connectivity index (χ0n) is 16.4. The van der Waals surface area contributed by atoms with Gasteiger partial charge in [-0.2, -0.15) is 0 Å². The molecule has 2 aromatic rings. The lowest BCUT2D eigenvalue weighted by atomic mass is 9.99. The van der Waals surface area contributed by atoms with Crippen molar-refractivity contribution in [2.24, 2.45) is 0 Å². The number of carbonyl (C=O) groups is 2. The lowest BCUT2D eigenvalue weighted by molar-refractivity contribution is -0.136. The fraction of sp³-hybridized carbons (Fsp3) is 0.391. The summed E-state index contributed by atoms with van der Waals surface area (Å²) in [5.41, 5.74) is 4.13. The number of nitrogens with zero attached hydrogens (tertiary/aromatic N) is 2. The van der Waals surface area contributed by atoms with Crippen LogP contribution in [0.25, 0.3) is 0 Å². The minimum absolute atomic E-state index is 0.0387. The van der Waals surface area contributed by atoms with Gasteiger partial charge in [0.1, 0.15) is 0 Å². The summed E-state index contributed by atoms with van der Waals surface area (Å²) in [5, 5.41) is 0. The third-order valence-electron chi connectivity index (χ3n) is 5.48. The largest absolute Gasteiger partial charge is 0.333 e. The van der Waals surface area contributed by atoms with Gasteiger partial charge in [-0.15, -0.1) is 0 Å². The number of carbonyl (C=O) groups excluding carboxylic acids is 2. The molecule has 1 atom stereocenters. The van der Waals surface area contributed by atoms with Gasteiger partial charge in [-0.25, -0.2) is 0 Å². The van der Waals surface area contributed by atoms with Crippen LogP contribution in [-0.4, -0.2) is 48.2 Å². The molecule has 1 heterocycles. The lowest BCUT2D eigenvalue weighted by Crippen LogP contribution is -2.49. The summed E-state index contributed by atoms with van der Waals surface area (Å²) < 4.78 is 0. The van der Waals surface area contributed by atoms with Crippen molar-refractivity contribution in [2.45, 2.75) is 32.7 Å². The number of aryl methyl sites for hydroxylation is 2. The summed E-state index contributed by atoms with van der Waals surface area (Å²) >= 11 is 0. The number of hydrogen-bond donors (Lipinski definition) is 0. The van der Waals surface area contributed by atoms with Crippen molar-refractivity contribution in [3.8, 4) is 0 Å². The second-order valence-corrected chi connectivity index (χ2v) is 7.50. The van der Waals surface area contributed by atoms with E-state index in [9.17, 15) is 9.59 Å². The predicted molar refractivity (Wildman–Crippen MR) is 108 cm³/mol. The number of benzene rings is 2. The highest BCUT2D eigenvalue weighted by atomic mass is 16.2. The maximum atomic E-state index is 12.9. The summed E-state index contributed by atoms with van der Waals surface area (Å²) in [6.07, 6.45) is 0.522. The molecule has 4 nitrogen and oxygen atoms in total. The molecule has 1 aliphatic rings. The standard InChI is InChI=1S/C23H28N2O2/c1-17-9-10-20(15-18(17)2)22(26)11-12-23(27)25-14-13-24(3)16-21(25)19-7-5-4-6-8-19/h4-10,15,21H,11-14,16H2,1-3H3/t21-/m1/s1. The maximum Gasteiger partial charge on any atom is 0.223 e. The van der Waals surface area contributed by atoms with Gasteiger partial charge in [0.15, 0.2) is 5.78 Å². The molecule has 0 aromatic heterocycles. The van der Waals surface area contributed by atoms with Crippen LogP contribution in [0.2, 0.25) is 0 Å². The van der Waals surface area contributed by atoms with Crippen molar-refractivity contribution in [1.82, 2.24) is 9.80 Å². The molecule has 0 unspecified atom stereocenters. The number of hydrogen-bond acceptors (Lipinski definition) is 3. The Labute approximate surface area is 161 Å². The van der Waals surface area contributed by atoms with Gasteiger partial charge >= 0.3 is 0 Å². The monoisotopic (exact) mass is 364 g/mol. The van der Waals surface area contributed by atoms with E-state index in [2.05, 4.69) is 24.1 Å². The van der Waals surface area contributed by atoms with Crippen molar-refractivity contribution in [1.29, 1.82) is 0 Å². The molecule has 3 rings (SSSR count). The molecule has 27 heavy (non-hydrogen) atoms. The van der Waals surface area contributed by atoms with E-state index in [4.69, 9.17) is 0 Å². The van der Waals surface area contributed by atoms with Crippen molar-refractivity contribution in [2.75, 3.05) is 26.7 Å². The zero-order valence-corrected chi connectivity index (χ0v) is 16.4. The number of Topliss-reactive ketones (excluding diaryl/α,β-unsaturated/α-hetero) is 1. The average Bonchev–Trinajstić information content (AvgIpc) is 2.68. The lowest BCUT2D eigenvalue weighted by Gasteiger charge is -2.40. The Kier molecular flexibility index (Phi) is 6.07. The highest BCUT2D eigenvalue weighted by Crippen LogP contribution is 2.26. The van der Waals surface area contributed by atoms with Crippen molar-refractivity contribution < 1.29 is 9.59 Å². The molecule has 0 radical (unpaired) electrons. The van der Waals surface area contributed by atoms with E-state index in [-0.39, 0.29) is 30.6 Å². The molecule has 0 bridgehead atoms. The molecule has 1 amide bonds. The van der Waals surface area contributed by atoms with Crippen LogP contribution in [0.5, 0.6) is 0 Å². The van der Waals surface area contributed by atoms with Gasteiger partial charge in [-0.3, -0.25) is 9.59 Å². The van der Waals surface area contributed by atoms with E-state index >= 15 is 0 Å². The van der Waals surface area contributed by atoms with Crippen LogP contribution in [0.4, 0.5) is 0 Å². The topological polar surface area (TPSA) is 40.6 Å². The zero-order chi connectivity index (χ0) is 19.4. The van der Waals surface area contributed by atoms with Gasteiger partial charge in [0.25, 0.3) is 0 Å². The van der Waals surface area contributed by atoms with Gasteiger partial charge in [-0.1, -0.05) is 42.5 Å². The minimum Gasteiger partial charge on any atom is -0.333 e. The Hall–Kier alpha value is -2.46. The first-order chi connectivity index (χ1) is 13.0. The highest BCUT2D eigenvalue weighted by molar-refractivity contribution is 5.98. The van der Waals surface area contributed by atoms with E-state index in [0.717, 1.165) is 24.2 Å². The molecule has 4 heteroatoms. The Balaban J connectivity index is 1.66. The number of ketones is 1. The third kappa shape index (κ3) is 4.64. The summed E-state index contributed by atoms with van der Waals surface area (Å²) in [6, 6.07) is 16.0. The number of piperazine rings is 1. The molecule has 2 aromatic carbocycles. The SMILES string of the molecule is Cc1ccc(C(=O)CCC(=O)N2CCN(C)C[C@@H]2c2ccccc2)cc1C. The van der Waals surface area contributed by atoms with E-state index < -0.39 is 0 Å². The van der Waals surface area contributed by atoms with E-state index in [1.54, 1.807) is 0 Å². The Morgan fingerprint density at radius 1 is 0.963 bits per heavy atom. The van der Waals surface area contributed by atoms with Crippen LogP contribution in [0.3, 0.4) is 0 Å². The van der Waals surface area contributed by atoms with Crippen molar-refractivity contribution >= 4 is 11.7 Å². The molecule has 0 aliphatic carbocycles. The molecule has 0 N–H and O–H groups in total. The minimum atomic E-state index is 0.0387. The maximum absolute atomic E-state index is 12.9. The fourth-order valence-corrected chi connectivity index (χ4v) is 3.60. The number of likely N-dealkylation sites (N-methyl/N-ethyl adjacent to an activating group) is 1. The van der Waals surface area contributed by atoms with Crippen LogP contribution in [-0.2, 0) is 4.79 Å². The average molecular weight is 364 g/mol. The molecule has 0 spiro atoms. The van der Waals surface area contributed by atoms with Gasteiger partial charge in [-0.05, 0) is 43.7 Å². The smallest absolute Gasteiger partial charge is 0.223 e. The van der Waals surface area contributed by atoms with Crippen LogP contribution < -0.4 is 0 Å². The van der Waals surface area contributed by atoms with Gasteiger partial charge in [0.05, 0.1) is 6.04 Å². The second kappa shape index (κ2) is 8.49. The van der Waals surface area contributed by atoms with Gasteiger partial charge in [0, 0.05) is 38.0 Å². The van der Waals surface area contributed by atoms with Crippen molar-refractivity contribution in [3.05, 3.63) is 70.8 Å². The van der Waals surface area contributed by atoms with Crippen LogP contribution in [0.15, 0.2) is 48.5 Å². The molecule has 1 saturated heterocycles. The second-order valence-electron chi connectivity index (χ2n) is 7.50. The molecule has 1 aliphatic heterocycles. The Bertz CT molecular complexity index is 816. The number of rotatable bonds is 5. The number of amides is 1. The van der Waals surface area contributed by atoms with Crippen LogP contribution in [0.1, 0.15) is 45.9 Å². The predicted octanol–water partition coefficient (Wildman–Crippen LogP) is 3.78. The first-order valence-electron chi connectivity index (χ1n) is 9.59. The van der Waals surface area contributed by atoms with E-state index in [1.807, 2.05) is 55.1 Å². The summed E-state index contributed by atoms with van der Waals surface area (Å²) in [7, 11) is 2.08. The Morgan fingerprint density at radius 3 is 2.41 bits per heavy atom.